The Hall–Kier alpha value is -2.03. The Balaban J connectivity index is 2.19. The minimum atomic E-state index is -0.489. The van der Waals surface area contributed by atoms with E-state index >= 15 is 0 Å². The quantitative estimate of drug-likeness (QED) is 0.678. The molecule has 0 fully saturated rings. The van der Waals surface area contributed by atoms with Crippen molar-refractivity contribution < 1.29 is 4.92 Å². The van der Waals surface area contributed by atoms with E-state index in [4.69, 9.17) is 0 Å². The van der Waals surface area contributed by atoms with E-state index < -0.39 is 4.92 Å². The second-order valence-corrected chi connectivity index (χ2v) is 4.41. The molecule has 0 saturated carbocycles. The Kier molecular flexibility index (Phi) is 3.51. The van der Waals surface area contributed by atoms with Crippen molar-refractivity contribution in [1.82, 2.24) is 19.7 Å². The number of nitrogens with one attached hydrogen (secondary N) is 1. The second-order valence-electron chi connectivity index (χ2n) is 3.49. The third kappa shape index (κ3) is 2.62. The van der Waals surface area contributed by atoms with E-state index in [-0.39, 0.29) is 11.5 Å². The maximum absolute atomic E-state index is 10.9. The van der Waals surface area contributed by atoms with Crippen LogP contribution in [0, 0.1) is 10.1 Å². The number of hydrogen-bond donors (Lipinski definition) is 1. The Morgan fingerprint density at radius 1 is 1.61 bits per heavy atom. The average Bonchev–Trinajstić information content (AvgIpc) is 2.73. The van der Waals surface area contributed by atoms with E-state index in [1.807, 2.05) is 0 Å². The minimum absolute atomic E-state index is 0.0912. The van der Waals surface area contributed by atoms with E-state index in [1.54, 1.807) is 17.9 Å². The van der Waals surface area contributed by atoms with Crippen LogP contribution >= 0.6 is 15.9 Å². The van der Waals surface area contributed by atoms with Crippen LogP contribution in [-0.2, 0) is 13.6 Å². The summed E-state index contributed by atoms with van der Waals surface area (Å²) in [6.45, 7) is 0.311. The van der Waals surface area contributed by atoms with Crippen molar-refractivity contribution in [2.75, 3.05) is 5.32 Å². The third-order valence-corrected chi connectivity index (χ3v) is 2.68. The predicted molar refractivity (Wildman–Crippen MR) is 66.9 cm³/mol. The molecule has 0 saturated heterocycles. The highest BCUT2D eigenvalue weighted by molar-refractivity contribution is 9.10. The molecule has 0 aliphatic rings. The lowest BCUT2D eigenvalue weighted by molar-refractivity contribution is -0.384. The maximum atomic E-state index is 10.9. The van der Waals surface area contributed by atoms with Crippen LogP contribution in [0.5, 0.6) is 0 Å². The molecule has 8 nitrogen and oxygen atoms in total. The summed E-state index contributed by atoms with van der Waals surface area (Å²) >= 11 is 3.14. The summed E-state index contributed by atoms with van der Waals surface area (Å²) < 4.78 is 2.27. The van der Waals surface area contributed by atoms with E-state index in [1.165, 1.54) is 12.3 Å². The zero-order valence-corrected chi connectivity index (χ0v) is 11.0. The molecule has 0 aliphatic heterocycles. The first-order chi connectivity index (χ1) is 8.58. The SMILES string of the molecule is Cn1cnnc1CNc1ncc(Br)cc1[N+](=O)[O-]. The number of rotatable bonds is 4. The van der Waals surface area contributed by atoms with Gasteiger partial charge in [0.15, 0.2) is 5.82 Å². The number of nitro groups is 1. The third-order valence-electron chi connectivity index (χ3n) is 2.25. The van der Waals surface area contributed by atoms with Crippen LogP contribution in [0.25, 0.3) is 0 Å². The molecule has 94 valence electrons. The fourth-order valence-corrected chi connectivity index (χ4v) is 1.65. The standard InChI is InChI=1S/C9H9BrN6O2/c1-15-5-13-14-8(15)4-12-9-7(16(17)18)2-6(10)3-11-9/h2-3,5H,4H2,1H3,(H,11,12). The summed E-state index contributed by atoms with van der Waals surface area (Å²) in [7, 11) is 1.79. The smallest absolute Gasteiger partial charge is 0.312 e. The number of anilines is 1. The molecule has 0 radical (unpaired) electrons. The molecular weight excluding hydrogens is 304 g/mol. The first-order valence-corrected chi connectivity index (χ1v) is 5.74. The van der Waals surface area contributed by atoms with Gasteiger partial charge in [0.05, 0.1) is 11.5 Å². The van der Waals surface area contributed by atoms with Gasteiger partial charge in [-0.1, -0.05) is 0 Å². The van der Waals surface area contributed by atoms with Crippen LogP contribution in [0.2, 0.25) is 0 Å². The van der Waals surface area contributed by atoms with Crippen LogP contribution in [-0.4, -0.2) is 24.7 Å². The number of halogens is 1. The molecule has 1 N–H and O–H groups in total. The lowest BCUT2D eigenvalue weighted by Gasteiger charge is -2.05. The number of aromatic nitrogens is 4. The van der Waals surface area contributed by atoms with Gasteiger partial charge in [-0.3, -0.25) is 10.1 Å². The summed E-state index contributed by atoms with van der Waals surface area (Å²) in [5, 5.41) is 21.3. The van der Waals surface area contributed by atoms with Crippen molar-refractivity contribution in [2.45, 2.75) is 6.54 Å². The van der Waals surface area contributed by atoms with Crippen LogP contribution in [0.1, 0.15) is 5.82 Å². The zero-order valence-electron chi connectivity index (χ0n) is 9.37. The molecule has 9 heteroatoms. The van der Waals surface area contributed by atoms with Gasteiger partial charge in [0.1, 0.15) is 6.33 Å². The summed E-state index contributed by atoms with van der Waals surface area (Å²) in [6, 6.07) is 1.39. The Labute approximate surface area is 110 Å². The van der Waals surface area contributed by atoms with Gasteiger partial charge in [-0.25, -0.2) is 4.98 Å². The highest BCUT2D eigenvalue weighted by atomic mass is 79.9. The first-order valence-electron chi connectivity index (χ1n) is 4.94. The molecule has 2 aromatic rings. The van der Waals surface area contributed by atoms with Crippen LogP contribution < -0.4 is 5.32 Å². The van der Waals surface area contributed by atoms with Crippen molar-refractivity contribution in [1.29, 1.82) is 0 Å². The van der Waals surface area contributed by atoms with Crippen molar-refractivity contribution in [3.63, 3.8) is 0 Å². The van der Waals surface area contributed by atoms with Gasteiger partial charge < -0.3 is 9.88 Å². The lowest BCUT2D eigenvalue weighted by Crippen LogP contribution is -2.08. The van der Waals surface area contributed by atoms with Crippen molar-refractivity contribution >= 4 is 27.4 Å². The summed E-state index contributed by atoms with van der Waals surface area (Å²) in [5.41, 5.74) is -0.0912. The Morgan fingerprint density at radius 3 is 3.00 bits per heavy atom. The number of aryl methyl sites for hydroxylation is 1. The predicted octanol–water partition coefficient (Wildman–Crippen LogP) is 1.49. The fraction of sp³-hybridized carbons (Fsp3) is 0.222. The number of pyridine rings is 1. The highest BCUT2D eigenvalue weighted by Gasteiger charge is 2.16. The monoisotopic (exact) mass is 312 g/mol. The molecule has 0 unspecified atom stereocenters. The van der Waals surface area contributed by atoms with Crippen LogP contribution in [0.3, 0.4) is 0 Å². The van der Waals surface area contributed by atoms with Gasteiger partial charge in [-0.05, 0) is 15.9 Å². The van der Waals surface area contributed by atoms with Gasteiger partial charge >= 0.3 is 5.69 Å². The van der Waals surface area contributed by atoms with Crippen molar-refractivity contribution in [2.24, 2.45) is 7.05 Å². The molecule has 0 atom stereocenters. The van der Waals surface area contributed by atoms with E-state index in [2.05, 4.69) is 36.4 Å². The van der Waals surface area contributed by atoms with Crippen molar-refractivity contribution in [3.05, 3.63) is 39.0 Å². The Morgan fingerprint density at radius 2 is 2.39 bits per heavy atom. The second kappa shape index (κ2) is 5.08. The molecule has 18 heavy (non-hydrogen) atoms. The van der Waals surface area contributed by atoms with E-state index in [0.29, 0.717) is 16.8 Å². The fourth-order valence-electron chi connectivity index (χ4n) is 1.33. The average molecular weight is 313 g/mol. The highest BCUT2D eigenvalue weighted by Crippen LogP contribution is 2.25. The topological polar surface area (TPSA) is 98.8 Å². The molecule has 2 aromatic heterocycles. The van der Waals surface area contributed by atoms with Gasteiger partial charge in [0.2, 0.25) is 5.82 Å². The molecule has 0 spiro atoms. The van der Waals surface area contributed by atoms with Crippen LogP contribution in [0.15, 0.2) is 23.1 Å². The Bertz CT molecular complexity index is 584. The molecular formula is C9H9BrN6O2. The zero-order chi connectivity index (χ0) is 13.1. The van der Waals surface area contributed by atoms with Crippen molar-refractivity contribution in [3.8, 4) is 0 Å². The van der Waals surface area contributed by atoms with Gasteiger partial charge in [-0.15, -0.1) is 10.2 Å². The largest absolute Gasteiger partial charge is 0.357 e. The molecule has 2 rings (SSSR count). The van der Waals surface area contributed by atoms with Gasteiger partial charge in [-0.2, -0.15) is 0 Å². The maximum Gasteiger partial charge on any atom is 0.312 e. The van der Waals surface area contributed by atoms with Gasteiger partial charge in [0, 0.05) is 23.8 Å². The lowest BCUT2D eigenvalue weighted by atomic mass is 10.4. The molecule has 0 aromatic carbocycles. The summed E-state index contributed by atoms with van der Waals surface area (Å²) in [4.78, 5) is 14.4. The number of nitrogens with zero attached hydrogens (tertiary/aromatic N) is 5. The molecule has 0 aliphatic carbocycles. The molecule has 2 heterocycles. The molecule has 0 bridgehead atoms. The molecule has 0 amide bonds. The van der Waals surface area contributed by atoms with E-state index in [9.17, 15) is 10.1 Å². The first kappa shape index (κ1) is 12.4. The normalized spacial score (nSPS) is 10.3. The number of hydrogen-bond acceptors (Lipinski definition) is 6. The van der Waals surface area contributed by atoms with Crippen LogP contribution in [0.4, 0.5) is 11.5 Å². The van der Waals surface area contributed by atoms with E-state index in [0.717, 1.165) is 0 Å². The summed E-state index contributed by atoms with van der Waals surface area (Å²) in [6.07, 6.45) is 3.05. The summed E-state index contributed by atoms with van der Waals surface area (Å²) in [5.74, 6) is 0.861. The minimum Gasteiger partial charge on any atom is -0.357 e. The van der Waals surface area contributed by atoms with Gasteiger partial charge in [0.25, 0.3) is 0 Å².